The van der Waals surface area contributed by atoms with Gasteiger partial charge in [0.05, 0.1) is 24.7 Å². The topological polar surface area (TPSA) is 127 Å². The third-order valence-corrected chi connectivity index (χ3v) is 5.62. The molecule has 1 saturated carbocycles. The van der Waals surface area contributed by atoms with E-state index in [1.807, 2.05) is 0 Å². The molecule has 1 aromatic carbocycles. The Morgan fingerprint density at radius 3 is 2.31 bits per heavy atom. The number of carbonyl (C=O) groups excluding carboxylic acids is 3. The van der Waals surface area contributed by atoms with Crippen LogP contribution in [0.5, 0.6) is 11.5 Å². The minimum atomic E-state index is -1.74. The molecule has 10 heteroatoms. The predicted octanol–water partition coefficient (Wildman–Crippen LogP) is 0.834. The van der Waals surface area contributed by atoms with Crippen molar-refractivity contribution in [1.82, 2.24) is 0 Å². The van der Waals surface area contributed by atoms with Crippen LogP contribution in [0.25, 0.3) is 0 Å². The number of methoxy groups -OCH3 is 2. The summed E-state index contributed by atoms with van der Waals surface area (Å²) in [5, 5.41) is 11.1. The fraction of sp³-hybridized carbons (Fsp3) is 0.591. The summed E-state index contributed by atoms with van der Waals surface area (Å²) in [4.78, 5) is 39.0. The first kappa shape index (κ1) is 24.0. The number of ketones is 1. The standard InChI is InChI=1S/C22H28O10/c1-22(26)11-14(23)18(20(24)29-8-6-27-2)17(19(22)21(25)30-9-7-28-3)13-4-5-15-16(10-13)32-12-31-15/h4-5,10,17-19,26H,6-9,11-12H2,1-3H3/t17-,18+,19+,22+/m0/s1. The van der Waals surface area contributed by atoms with Crippen LogP contribution >= 0.6 is 0 Å². The largest absolute Gasteiger partial charge is 0.463 e. The SMILES string of the molecule is COCCOC(=O)[C@@H]1C(=O)C[C@@](C)(O)[C@@H](C(=O)OCCOC)[C@H]1c1ccc2c(c1)OCO2. The molecule has 0 unspecified atom stereocenters. The molecule has 3 rings (SSSR count). The first-order chi connectivity index (χ1) is 15.3. The van der Waals surface area contributed by atoms with Gasteiger partial charge in [-0.2, -0.15) is 0 Å². The van der Waals surface area contributed by atoms with Crippen molar-refractivity contribution in [3.8, 4) is 11.5 Å². The molecule has 10 nitrogen and oxygen atoms in total. The molecule has 1 heterocycles. The summed E-state index contributed by atoms with van der Waals surface area (Å²) in [6.45, 7) is 1.65. The van der Waals surface area contributed by atoms with Gasteiger partial charge in [0.15, 0.2) is 17.3 Å². The van der Waals surface area contributed by atoms with Crippen molar-refractivity contribution in [2.75, 3.05) is 47.4 Å². The van der Waals surface area contributed by atoms with Crippen LogP contribution < -0.4 is 9.47 Å². The van der Waals surface area contributed by atoms with Gasteiger partial charge in [-0.1, -0.05) is 6.07 Å². The first-order valence-electron chi connectivity index (χ1n) is 10.3. The second-order valence-electron chi connectivity index (χ2n) is 7.91. The highest BCUT2D eigenvalue weighted by Crippen LogP contribution is 2.48. The molecule has 2 aliphatic rings. The lowest BCUT2D eigenvalue weighted by atomic mass is 9.61. The smallest absolute Gasteiger partial charge is 0.317 e. The lowest BCUT2D eigenvalue weighted by Crippen LogP contribution is -2.55. The van der Waals surface area contributed by atoms with Crippen molar-refractivity contribution in [3.05, 3.63) is 23.8 Å². The monoisotopic (exact) mass is 452 g/mol. The highest BCUT2D eigenvalue weighted by atomic mass is 16.7. The first-order valence-corrected chi connectivity index (χ1v) is 10.3. The maximum atomic E-state index is 13.1. The van der Waals surface area contributed by atoms with E-state index in [-0.39, 0.29) is 33.2 Å². The third kappa shape index (κ3) is 5.03. The van der Waals surface area contributed by atoms with Crippen molar-refractivity contribution in [3.63, 3.8) is 0 Å². The van der Waals surface area contributed by atoms with E-state index < -0.39 is 47.5 Å². The lowest BCUT2D eigenvalue weighted by molar-refractivity contribution is -0.174. The molecule has 0 amide bonds. The summed E-state index contributed by atoms with van der Waals surface area (Å²) in [5.74, 6) is -4.70. The van der Waals surface area contributed by atoms with Crippen LogP contribution in [0.1, 0.15) is 24.8 Å². The van der Waals surface area contributed by atoms with Crippen LogP contribution in [0.3, 0.4) is 0 Å². The van der Waals surface area contributed by atoms with Crippen molar-refractivity contribution in [1.29, 1.82) is 0 Å². The summed E-state index contributed by atoms with van der Waals surface area (Å²) in [6, 6.07) is 4.87. The zero-order valence-corrected chi connectivity index (χ0v) is 18.3. The molecule has 1 aliphatic heterocycles. The van der Waals surface area contributed by atoms with E-state index in [1.165, 1.54) is 21.1 Å². The number of esters is 2. The number of hydrogen-bond donors (Lipinski definition) is 1. The summed E-state index contributed by atoms with van der Waals surface area (Å²) < 4.78 is 31.1. The van der Waals surface area contributed by atoms with Gasteiger partial charge in [0, 0.05) is 26.6 Å². The van der Waals surface area contributed by atoms with Crippen LogP contribution in [0.15, 0.2) is 18.2 Å². The molecule has 0 bridgehead atoms. The number of Topliss-reactive ketones (excluding diaryl/α,β-unsaturated/α-hetero) is 1. The molecule has 1 N–H and O–H groups in total. The Kier molecular flexibility index (Phi) is 7.70. The zero-order chi connectivity index (χ0) is 23.3. The van der Waals surface area contributed by atoms with E-state index >= 15 is 0 Å². The molecule has 1 aliphatic carbocycles. The van der Waals surface area contributed by atoms with Crippen LogP contribution in [-0.2, 0) is 33.3 Å². The molecule has 0 aromatic heterocycles. The number of fused-ring (bicyclic) bond motifs is 1. The second-order valence-corrected chi connectivity index (χ2v) is 7.91. The number of aliphatic hydroxyl groups is 1. The molecular weight excluding hydrogens is 424 g/mol. The molecule has 1 aromatic rings. The minimum absolute atomic E-state index is 0.0328. The number of ether oxygens (including phenoxy) is 6. The Hall–Kier alpha value is -2.69. The summed E-state index contributed by atoms with van der Waals surface area (Å²) in [5.41, 5.74) is -1.30. The molecule has 0 saturated heterocycles. The average Bonchev–Trinajstić information content (AvgIpc) is 3.20. The lowest BCUT2D eigenvalue weighted by Gasteiger charge is -2.43. The van der Waals surface area contributed by atoms with Crippen molar-refractivity contribution in [2.45, 2.75) is 24.9 Å². The predicted molar refractivity (Wildman–Crippen MR) is 108 cm³/mol. The normalized spacial score (nSPS) is 26.6. The Bertz CT molecular complexity index is 849. The second kappa shape index (κ2) is 10.3. The number of hydrogen-bond acceptors (Lipinski definition) is 10. The maximum Gasteiger partial charge on any atom is 0.317 e. The number of benzene rings is 1. The quantitative estimate of drug-likeness (QED) is 0.327. The van der Waals surface area contributed by atoms with Gasteiger partial charge >= 0.3 is 11.9 Å². The van der Waals surface area contributed by atoms with Crippen LogP contribution in [0, 0.1) is 11.8 Å². The summed E-state index contributed by atoms with van der Waals surface area (Å²) in [6.07, 6.45) is -0.401. The van der Waals surface area contributed by atoms with Gasteiger partial charge in [0.2, 0.25) is 6.79 Å². The van der Waals surface area contributed by atoms with E-state index in [1.54, 1.807) is 18.2 Å². The summed E-state index contributed by atoms with van der Waals surface area (Å²) >= 11 is 0. The van der Waals surface area contributed by atoms with Gasteiger partial charge in [0.1, 0.15) is 19.1 Å². The van der Waals surface area contributed by atoms with Gasteiger partial charge < -0.3 is 33.5 Å². The van der Waals surface area contributed by atoms with Crippen molar-refractivity contribution < 1.29 is 47.9 Å². The Morgan fingerprint density at radius 2 is 1.66 bits per heavy atom. The van der Waals surface area contributed by atoms with Crippen LogP contribution in [-0.4, -0.2) is 75.9 Å². The third-order valence-electron chi connectivity index (χ3n) is 5.62. The number of rotatable bonds is 9. The van der Waals surface area contributed by atoms with Crippen molar-refractivity contribution in [2.24, 2.45) is 11.8 Å². The summed E-state index contributed by atoms with van der Waals surface area (Å²) in [7, 11) is 2.92. The van der Waals surface area contributed by atoms with Crippen LogP contribution in [0.2, 0.25) is 0 Å². The van der Waals surface area contributed by atoms with Crippen LogP contribution in [0.4, 0.5) is 0 Å². The molecule has 176 valence electrons. The number of carbonyl (C=O) groups is 3. The van der Waals surface area contributed by atoms with Gasteiger partial charge in [-0.15, -0.1) is 0 Å². The van der Waals surface area contributed by atoms with E-state index in [9.17, 15) is 19.5 Å². The molecule has 4 atom stereocenters. The van der Waals surface area contributed by atoms with E-state index in [0.29, 0.717) is 17.1 Å². The Labute approximate surface area is 185 Å². The molecular formula is C22H28O10. The van der Waals surface area contributed by atoms with Gasteiger partial charge in [-0.05, 0) is 24.6 Å². The van der Waals surface area contributed by atoms with Crippen molar-refractivity contribution >= 4 is 17.7 Å². The van der Waals surface area contributed by atoms with Gasteiger partial charge in [-0.25, -0.2) is 0 Å². The van der Waals surface area contributed by atoms with E-state index in [0.717, 1.165) is 0 Å². The van der Waals surface area contributed by atoms with E-state index in [4.69, 9.17) is 28.4 Å². The maximum absolute atomic E-state index is 13.1. The Balaban J connectivity index is 2.01. The molecule has 0 radical (unpaired) electrons. The van der Waals surface area contributed by atoms with E-state index in [2.05, 4.69) is 0 Å². The fourth-order valence-corrected chi connectivity index (χ4v) is 4.17. The fourth-order valence-electron chi connectivity index (χ4n) is 4.17. The van der Waals surface area contributed by atoms with Gasteiger partial charge in [0.25, 0.3) is 0 Å². The highest BCUT2D eigenvalue weighted by molar-refractivity contribution is 6.02. The average molecular weight is 452 g/mol. The zero-order valence-electron chi connectivity index (χ0n) is 18.3. The molecule has 32 heavy (non-hydrogen) atoms. The minimum Gasteiger partial charge on any atom is -0.463 e. The highest BCUT2D eigenvalue weighted by Gasteiger charge is 2.57. The Morgan fingerprint density at radius 1 is 1.03 bits per heavy atom. The molecule has 0 spiro atoms. The van der Waals surface area contributed by atoms with Gasteiger partial charge in [-0.3, -0.25) is 14.4 Å². The molecule has 1 fully saturated rings.